The van der Waals surface area contributed by atoms with E-state index in [0.29, 0.717) is 22.8 Å². The number of rotatable bonds is 6. The topological polar surface area (TPSA) is 84.4 Å². The Morgan fingerprint density at radius 2 is 2.12 bits per heavy atom. The molecule has 0 saturated carbocycles. The Labute approximate surface area is 156 Å². The predicted molar refractivity (Wildman–Crippen MR) is 97.9 cm³/mol. The van der Waals surface area contributed by atoms with Gasteiger partial charge >= 0.3 is 0 Å². The van der Waals surface area contributed by atoms with Crippen molar-refractivity contribution in [2.75, 3.05) is 37.6 Å². The number of ether oxygens (including phenoxy) is 1. The Balaban J connectivity index is 1.65. The second kappa shape index (κ2) is 7.96. The van der Waals surface area contributed by atoms with Gasteiger partial charge in [0.2, 0.25) is 5.13 Å². The molecule has 0 amide bonds. The molecule has 1 aliphatic rings. The van der Waals surface area contributed by atoms with Crippen LogP contribution in [-0.2, 0) is 21.2 Å². The first-order chi connectivity index (χ1) is 12.0. The van der Waals surface area contributed by atoms with Crippen molar-refractivity contribution in [3.8, 4) is 0 Å². The summed E-state index contributed by atoms with van der Waals surface area (Å²) in [6, 6.07) is 4.78. The van der Waals surface area contributed by atoms with E-state index in [2.05, 4.69) is 19.0 Å². The highest BCUT2D eigenvalue weighted by atomic mass is 35.5. The highest BCUT2D eigenvalue weighted by Crippen LogP contribution is 2.25. The van der Waals surface area contributed by atoms with Crippen molar-refractivity contribution in [1.29, 1.82) is 0 Å². The molecule has 0 atom stereocenters. The molecule has 0 spiro atoms. The monoisotopic (exact) mass is 402 g/mol. The van der Waals surface area contributed by atoms with Crippen molar-refractivity contribution in [2.24, 2.45) is 0 Å². The fourth-order valence-electron chi connectivity index (χ4n) is 2.53. The van der Waals surface area contributed by atoms with Gasteiger partial charge in [0.15, 0.2) is 0 Å². The second-order valence-corrected chi connectivity index (χ2v) is 8.50. The summed E-state index contributed by atoms with van der Waals surface area (Å²) in [7, 11) is -3.74. The van der Waals surface area contributed by atoms with E-state index in [4.69, 9.17) is 16.3 Å². The van der Waals surface area contributed by atoms with Gasteiger partial charge < -0.3 is 4.74 Å². The van der Waals surface area contributed by atoms with Crippen LogP contribution < -0.4 is 4.72 Å². The number of hydrogen-bond donors (Lipinski definition) is 1. The minimum absolute atomic E-state index is 0.144. The van der Waals surface area contributed by atoms with Crippen LogP contribution in [0, 0.1) is 6.92 Å². The molecule has 136 valence electrons. The van der Waals surface area contributed by atoms with E-state index in [0.717, 1.165) is 44.4 Å². The van der Waals surface area contributed by atoms with Gasteiger partial charge in [0, 0.05) is 42.6 Å². The van der Waals surface area contributed by atoms with Crippen LogP contribution >= 0.6 is 23.1 Å². The molecule has 7 nitrogen and oxygen atoms in total. The maximum absolute atomic E-state index is 12.5. The van der Waals surface area contributed by atoms with Gasteiger partial charge in [0.1, 0.15) is 5.82 Å². The molecule has 2 heterocycles. The Hall–Kier alpha value is -1.26. The molecule has 0 radical (unpaired) electrons. The van der Waals surface area contributed by atoms with Crippen LogP contribution in [-0.4, -0.2) is 55.5 Å². The van der Waals surface area contributed by atoms with Crippen molar-refractivity contribution in [3.05, 3.63) is 34.6 Å². The zero-order chi connectivity index (χ0) is 17.9. The van der Waals surface area contributed by atoms with E-state index in [-0.39, 0.29) is 10.0 Å². The van der Waals surface area contributed by atoms with Gasteiger partial charge in [-0.25, -0.2) is 13.4 Å². The molecule has 3 rings (SSSR count). The van der Waals surface area contributed by atoms with Gasteiger partial charge in [0.05, 0.1) is 18.1 Å². The van der Waals surface area contributed by atoms with Crippen LogP contribution in [0.15, 0.2) is 23.1 Å². The number of benzene rings is 1. The van der Waals surface area contributed by atoms with Crippen molar-refractivity contribution < 1.29 is 13.2 Å². The number of aromatic nitrogens is 2. The Bertz CT molecular complexity index is 835. The molecular weight excluding hydrogens is 384 g/mol. The average Bonchev–Trinajstić information content (AvgIpc) is 3.03. The molecule has 1 fully saturated rings. The van der Waals surface area contributed by atoms with E-state index in [1.54, 1.807) is 19.1 Å². The zero-order valence-corrected chi connectivity index (χ0v) is 16.1. The van der Waals surface area contributed by atoms with E-state index in [9.17, 15) is 8.42 Å². The Morgan fingerprint density at radius 1 is 1.36 bits per heavy atom. The van der Waals surface area contributed by atoms with Crippen LogP contribution in [0.4, 0.5) is 5.13 Å². The molecule has 0 unspecified atom stereocenters. The van der Waals surface area contributed by atoms with Gasteiger partial charge in [-0.3, -0.25) is 9.62 Å². The number of hydrogen-bond acceptors (Lipinski definition) is 7. The van der Waals surface area contributed by atoms with Gasteiger partial charge in [-0.2, -0.15) is 4.37 Å². The van der Waals surface area contributed by atoms with Crippen molar-refractivity contribution >= 4 is 38.3 Å². The molecule has 1 saturated heterocycles. The summed E-state index contributed by atoms with van der Waals surface area (Å²) in [5, 5.41) is 0.669. The van der Waals surface area contributed by atoms with Gasteiger partial charge in [-0.1, -0.05) is 17.7 Å². The molecule has 1 aliphatic heterocycles. The third kappa shape index (κ3) is 4.68. The average molecular weight is 403 g/mol. The quantitative estimate of drug-likeness (QED) is 0.797. The first-order valence-electron chi connectivity index (χ1n) is 7.86. The lowest BCUT2D eigenvalue weighted by Crippen LogP contribution is -2.37. The highest BCUT2D eigenvalue weighted by molar-refractivity contribution is 7.93. The summed E-state index contributed by atoms with van der Waals surface area (Å²) in [6.07, 6.45) is 0.675. The van der Waals surface area contributed by atoms with E-state index in [1.807, 2.05) is 0 Å². The SMILES string of the molecule is Cc1c(Cl)cccc1S(=O)(=O)Nc1nc(CCN2CCOCC2)ns1. The van der Waals surface area contributed by atoms with Crippen LogP contribution in [0.1, 0.15) is 11.4 Å². The van der Waals surface area contributed by atoms with E-state index < -0.39 is 10.0 Å². The lowest BCUT2D eigenvalue weighted by molar-refractivity contribution is 0.0382. The largest absolute Gasteiger partial charge is 0.379 e. The van der Waals surface area contributed by atoms with Gasteiger partial charge in [0.25, 0.3) is 10.0 Å². The third-order valence-corrected chi connectivity index (χ3v) is 6.64. The maximum atomic E-state index is 12.5. The smallest absolute Gasteiger partial charge is 0.264 e. The molecule has 10 heteroatoms. The summed E-state index contributed by atoms with van der Waals surface area (Å²) in [6.45, 7) is 5.79. The van der Waals surface area contributed by atoms with Gasteiger partial charge in [-0.05, 0) is 24.6 Å². The maximum Gasteiger partial charge on any atom is 0.264 e. The molecule has 2 aromatic rings. The van der Waals surface area contributed by atoms with Crippen LogP contribution in [0.25, 0.3) is 0 Å². The Kier molecular flexibility index (Phi) is 5.90. The summed E-state index contributed by atoms with van der Waals surface area (Å²) in [5.41, 5.74) is 0.508. The first kappa shape index (κ1) is 18.5. The van der Waals surface area contributed by atoms with Crippen molar-refractivity contribution in [2.45, 2.75) is 18.2 Å². The summed E-state index contributed by atoms with van der Waals surface area (Å²) < 4.78 is 37.1. The molecule has 0 bridgehead atoms. The standard InChI is InChI=1S/C15H19ClN4O3S2/c1-11-12(16)3-2-4-13(11)25(21,22)19-15-17-14(18-24-15)5-6-20-7-9-23-10-8-20/h2-4H,5-10H2,1H3,(H,17,18,19). The van der Waals surface area contributed by atoms with E-state index >= 15 is 0 Å². The second-order valence-electron chi connectivity index (χ2n) is 5.69. The lowest BCUT2D eigenvalue weighted by atomic mass is 10.2. The Morgan fingerprint density at radius 3 is 2.88 bits per heavy atom. The normalized spacial score (nSPS) is 16.1. The molecule has 1 N–H and O–H groups in total. The minimum Gasteiger partial charge on any atom is -0.379 e. The number of halogens is 1. The fourth-order valence-corrected chi connectivity index (χ4v) is 4.86. The number of nitrogens with zero attached hydrogens (tertiary/aromatic N) is 3. The fraction of sp³-hybridized carbons (Fsp3) is 0.467. The number of sulfonamides is 1. The first-order valence-corrected chi connectivity index (χ1v) is 10.5. The number of morpholine rings is 1. The molecule has 25 heavy (non-hydrogen) atoms. The summed E-state index contributed by atoms with van der Waals surface area (Å²) >= 11 is 7.05. The summed E-state index contributed by atoms with van der Waals surface area (Å²) in [5.74, 6) is 0.636. The number of nitrogens with one attached hydrogen (secondary N) is 1. The highest BCUT2D eigenvalue weighted by Gasteiger charge is 2.20. The molecule has 0 aliphatic carbocycles. The van der Waals surface area contributed by atoms with Crippen LogP contribution in [0.5, 0.6) is 0 Å². The summed E-state index contributed by atoms with van der Waals surface area (Å²) in [4.78, 5) is 6.71. The number of anilines is 1. The minimum atomic E-state index is -3.74. The van der Waals surface area contributed by atoms with Crippen molar-refractivity contribution in [3.63, 3.8) is 0 Å². The lowest BCUT2D eigenvalue weighted by Gasteiger charge is -2.25. The van der Waals surface area contributed by atoms with Crippen molar-refractivity contribution in [1.82, 2.24) is 14.3 Å². The molecular formula is C15H19ClN4O3S2. The molecule has 1 aromatic heterocycles. The zero-order valence-electron chi connectivity index (χ0n) is 13.7. The van der Waals surface area contributed by atoms with Gasteiger partial charge in [-0.15, -0.1) is 0 Å². The third-order valence-electron chi connectivity index (χ3n) is 3.95. The van der Waals surface area contributed by atoms with E-state index in [1.165, 1.54) is 6.07 Å². The predicted octanol–water partition coefficient (Wildman–Crippen LogP) is 2.18. The van der Waals surface area contributed by atoms with Crippen LogP contribution in [0.2, 0.25) is 5.02 Å². The van der Waals surface area contributed by atoms with Crippen LogP contribution in [0.3, 0.4) is 0 Å². The molecule has 1 aromatic carbocycles.